The molecule has 6 aromatic heterocycles. The summed E-state index contributed by atoms with van der Waals surface area (Å²) in [6.45, 7) is 0. The van der Waals surface area contributed by atoms with Gasteiger partial charge in [0.15, 0.2) is 11.2 Å². The van der Waals surface area contributed by atoms with Crippen LogP contribution in [0.25, 0.3) is 105 Å². The molecule has 0 amide bonds. The molecule has 0 aliphatic carbocycles. The Labute approximate surface area is 296 Å². The second kappa shape index (κ2) is 10.2. The van der Waals surface area contributed by atoms with Gasteiger partial charge in [0.2, 0.25) is 0 Å². The lowest BCUT2D eigenvalue weighted by molar-refractivity contribution is 0.664. The molecule has 0 unspecified atom stereocenters. The summed E-state index contributed by atoms with van der Waals surface area (Å²) >= 11 is 0. The van der Waals surface area contributed by atoms with E-state index in [0.29, 0.717) is 0 Å². The fourth-order valence-electron chi connectivity index (χ4n) is 8.57. The first-order valence-electron chi connectivity index (χ1n) is 17.5. The average Bonchev–Trinajstić information content (AvgIpc) is 3.93. The number of fused-ring (bicyclic) bond motifs is 12. The van der Waals surface area contributed by atoms with Crippen LogP contribution in [-0.2, 0) is 0 Å². The van der Waals surface area contributed by atoms with Gasteiger partial charge in [-0.15, -0.1) is 0 Å². The minimum Gasteiger partial charge on any atom is -0.453 e. The van der Waals surface area contributed by atoms with Crippen LogP contribution in [0, 0.1) is 0 Å². The predicted octanol–water partition coefficient (Wildman–Crippen LogP) is 11.7. The Kier molecular flexibility index (Phi) is 5.41. The van der Waals surface area contributed by atoms with Crippen molar-refractivity contribution in [3.8, 4) is 17.2 Å². The van der Waals surface area contributed by atoms with Crippen molar-refractivity contribution in [1.29, 1.82) is 0 Å². The maximum Gasteiger partial charge on any atom is 0.153 e. The lowest BCUT2D eigenvalue weighted by Crippen LogP contribution is -1.98. The van der Waals surface area contributed by atoms with Crippen molar-refractivity contribution in [2.45, 2.75) is 0 Å². The molecule has 12 rings (SSSR count). The molecule has 0 saturated heterocycles. The van der Waals surface area contributed by atoms with E-state index in [2.05, 4.69) is 158 Å². The maximum atomic E-state index is 6.05. The van der Waals surface area contributed by atoms with E-state index in [1.807, 2.05) is 12.3 Å². The second-order valence-electron chi connectivity index (χ2n) is 13.5. The standard InChI is InChI=1S/C46H27N5O/c1-5-13-38-30(9-1)31-10-2-6-14-39(31)49(38)28-17-19-42-35(23-28)32-11-3-7-15-40(32)50(42)29-18-20-43-36(24-29)33-12-4-8-16-41(33)51(43)46-25-37-34-21-22-47-26-44(34)52-45(37)27-48-46/h1-27H. The summed E-state index contributed by atoms with van der Waals surface area (Å²) in [6.07, 6.45) is 5.39. The van der Waals surface area contributed by atoms with Gasteiger partial charge in [-0.1, -0.05) is 72.8 Å². The lowest BCUT2D eigenvalue weighted by Gasteiger charge is -2.11. The van der Waals surface area contributed by atoms with Crippen LogP contribution in [0.2, 0.25) is 0 Å². The summed E-state index contributed by atoms with van der Waals surface area (Å²) in [4.78, 5) is 9.15. The van der Waals surface area contributed by atoms with Crippen molar-refractivity contribution in [1.82, 2.24) is 23.7 Å². The summed E-state index contributed by atoms with van der Waals surface area (Å²) in [7, 11) is 0. The van der Waals surface area contributed by atoms with E-state index in [-0.39, 0.29) is 0 Å². The molecule has 0 atom stereocenters. The third-order valence-electron chi connectivity index (χ3n) is 10.8. The van der Waals surface area contributed by atoms with E-state index >= 15 is 0 Å². The van der Waals surface area contributed by atoms with E-state index in [9.17, 15) is 0 Å². The van der Waals surface area contributed by atoms with Crippen LogP contribution in [0.3, 0.4) is 0 Å². The molecular formula is C46H27N5O. The number of pyridine rings is 2. The number of hydrogen-bond donors (Lipinski definition) is 0. The number of rotatable bonds is 3. The molecule has 0 radical (unpaired) electrons. The lowest BCUT2D eigenvalue weighted by atomic mass is 10.1. The number of furan rings is 1. The molecule has 0 N–H and O–H groups in total. The molecule has 0 spiro atoms. The highest BCUT2D eigenvalue weighted by Gasteiger charge is 2.19. The Morgan fingerprint density at radius 2 is 0.827 bits per heavy atom. The summed E-state index contributed by atoms with van der Waals surface area (Å²) in [6, 6.07) is 52.5. The van der Waals surface area contributed by atoms with E-state index in [1.165, 1.54) is 54.4 Å². The second-order valence-corrected chi connectivity index (χ2v) is 13.5. The first-order valence-corrected chi connectivity index (χ1v) is 17.5. The van der Waals surface area contributed by atoms with Crippen LogP contribution in [0.1, 0.15) is 0 Å². The zero-order valence-electron chi connectivity index (χ0n) is 27.7. The Hall–Kier alpha value is -7.18. The van der Waals surface area contributed by atoms with Crippen LogP contribution in [0.4, 0.5) is 0 Å². The first-order chi connectivity index (χ1) is 25.8. The average molecular weight is 666 g/mol. The number of aromatic nitrogens is 5. The van der Waals surface area contributed by atoms with Crippen molar-refractivity contribution in [3.05, 3.63) is 164 Å². The maximum absolute atomic E-state index is 6.05. The van der Waals surface area contributed by atoms with Gasteiger partial charge in [0.05, 0.1) is 45.5 Å². The third-order valence-corrected chi connectivity index (χ3v) is 10.8. The topological polar surface area (TPSA) is 53.7 Å². The molecule has 0 fully saturated rings. The number of para-hydroxylation sites is 4. The van der Waals surface area contributed by atoms with Gasteiger partial charge in [-0.3, -0.25) is 9.55 Å². The van der Waals surface area contributed by atoms with Crippen molar-refractivity contribution in [2.75, 3.05) is 0 Å². The van der Waals surface area contributed by atoms with Gasteiger partial charge >= 0.3 is 0 Å². The Morgan fingerprint density at radius 1 is 0.365 bits per heavy atom. The summed E-state index contributed by atoms with van der Waals surface area (Å²) in [5, 5.41) is 9.37. The van der Waals surface area contributed by atoms with E-state index in [0.717, 1.165) is 50.2 Å². The summed E-state index contributed by atoms with van der Waals surface area (Å²) < 4.78 is 13.1. The first kappa shape index (κ1) is 27.6. The highest BCUT2D eigenvalue weighted by Crippen LogP contribution is 2.39. The van der Waals surface area contributed by atoms with Gasteiger partial charge in [-0.05, 0) is 72.8 Å². The van der Waals surface area contributed by atoms with Gasteiger partial charge < -0.3 is 13.6 Å². The molecule has 6 heteroatoms. The van der Waals surface area contributed by atoms with E-state index < -0.39 is 0 Å². The van der Waals surface area contributed by atoms with Crippen molar-refractivity contribution in [3.63, 3.8) is 0 Å². The molecule has 12 aromatic rings. The molecule has 0 bridgehead atoms. The van der Waals surface area contributed by atoms with Crippen molar-refractivity contribution < 1.29 is 4.42 Å². The molecule has 6 aromatic carbocycles. The van der Waals surface area contributed by atoms with Crippen molar-refractivity contribution in [2.24, 2.45) is 0 Å². The summed E-state index contributed by atoms with van der Waals surface area (Å²) in [5.41, 5.74) is 10.7. The van der Waals surface area contributed by atoms with Gasteiger partial charge in [0.1, 0.15) is 5.82 Å². The molecule has 6 nitrogen and oxygen atoms in total. The van der Waals surface area contributed by atoms with Crippen LogP contribution in [0.5, 0.6) is 0 Å². The fourth-order valence-corrected chi connectivity index (χ4v) is 8.57. The highest BCUT2D eigenvalue weighted by atomic mass is 16.3. The van der Waals surface area contributed by atoms with E-state index in [1.54, 1.807) is 12.4 Å². The van der Waals surface area contributed by atoms with E-state index in [4.69, 9.17) is 9.40 Å². The van der Waals surface area contributed by atoms with Crippen LogP contribution in [0.15, 0.2) is 169 Å². The molecule has 0 aliphatic rings. The van der Waals surface area contributed by atoms with Crippen LogP contribution < -0.4 is 0 Å². The normalized spacial score (nSPS) is 12.2. The number of nitrogens with zero attached hydrogens (tertiary/aromatic N) is 5. The highest BCUT2D eigenvalue weighted by molar-refractivity contribution is 6.14. The van der Waals surface area contributed by atoms with Crippen LogP contribution in [-0.4, -0.2) is 23.7 Å². The summed E-state index contributed by atoms with van der Waals surface area (Å²) in [5.74, 6) is 0.848. The molecule has 0 aliphatic heterocycles. The predicted molar refractivity (Wildman–Crippen MR) is 212 cm³/mol. The third kappa shape index (κ3) is 3.67. The van der Waals surface area contributed by atoms with Gasteiger partial charge in [-0.2, -0.15) is 0 Å². The minimum absolute atomic E-state index is 0.752. The Morgan fingerprint density at radius 3 is 1.40 bits per heavy atom. The SMILES string of the molecule is c1ccc2c(c1)c1ccccc1n2-c1ccc2c(c1)c1ccccc1n2-c1ccc2c(c1)c1ccccc1n2-c1cc2c(cn1)oc1cnccc12. The van der Waals surface area contributed by atoms with Gasteiger partial charge in [0.25, 0.3) is 0 Å². The number of hydrogen-bond acceptors (Lipinski definition) is 3. The largest absolute Gasteiger partial charge is 0.453 e. The quantitative estimate of drug-likeness (QED) is 0.189. The molecule has 0 saturated carbocycles. The smallest absolute Gasteiger partial charge is 0.153 e. The minimum atomic E-state index is 0.752. The zero-order valence-corrected chi connectivity index (χ0v) is 27.7. The van der Waals surface area contributed by atoms with Crippen molar-refractivity contribution >= 4 is 87.4 Å². The molecule has 242 valence electrons. The zero-order chi connectivity index (χ0) is 33.9. The number of benzene rings is 6. The fraction of sp³-hybridized carbons (Fsp3) is 0. The monoisotopic (exact) mass is 665 g/mol. The molecular weight excluding hydrogens is 639 g/mol. The van der Waals surface area contributed by atoms with Gasteiger partial charge in [-0.25, -0.2) is 4.98 Å². The van der Waals surface area contributed by atoms with Gasteiger partial charge in [0, 0.05) is 60.7 Å². The Balaban J connectivity index is 1.08. The molecule has 52 heavy (non-hydrogen) atoms. The Bertz CT molecular complexity index is 3380. The van der Waals surface area contributed by atoms with Crippen LogP contribution >= 0.6 is 0 Å². The molecule has 6 heterocycles.